The Bertz CT molecular complexity index is 427. The quantitative estimate of drug-likeness (QED) is 0.823. The highest BCUT2D eigenvalue weighted by Crippen LogP contribution is 2.46. The first kappa shape index (κ1) is 15.2. The summed E-state index contributed by atoms with van der Waals surface area (Å²) in [6, 6.07) is 6.92. The van der Waals surface area contributed by atoms with Crippen LogP contribution in [0.4, 0.5) is 0 Å². The van der Waals surface area contributed by atoms with E-state index >= 15 is 0 Å². The zero-order valence-electron chi connectivity index (χ0n) is 12.1. The van der Waals surface area contributed by atoms with Crippen molar-refractivity contribution < 1.29 is 0 Å². The summed E-state index contributed by atoms with van der Waals surface area (Å²) >= 11 is 8.41. The molecule has 2 rings (SSSR count). The molecule has 1 nitrogen and oxygen atoms in total. The minimum absolute atomic E-state index is 0.299. The van der Waals surface area contributed by atoms with E-state index in [2.05, 4.69) is 56.0 Å². The lowest BCUT2D eigenvalue weighted by molar-refractivity contribution is 0.413. The van der Waals surface area contributed by atoms with E-state index in [0.29, 0.717) is 10.8 Å². The van der Waals surface area contributed by atoms with Crippen molar-refractivity contribution in [3.8, 4) is 0 Å². The molecule has 0 saturated carbocycles. The molecule has 1 heterocycles. The van der Waals surface area contributed by atoms with Gasteiger partial charge in [0.05, 0.1) is 0 Å². The van der Waals surface area contributed by atoms with Crippen molar-refractivity contribution in [2.75, 3.05) is 12.3 Å². The van der Waals surface area contributed by atoms with Gasteiger partial charge in [0.25, 0.3) is 0 Å². The van der Waals surface area contributed by atoms with Gasteiger partial charge in [-0.3, -0.25) is 0 Å². The van der Waals surface area contributed by atoms with Crippen LogP contribution in [0.2, 0.25) is 5.02 Å². The summed E-state index contributed by atoms with van der Waals surface area (Å²) in [5.74, 6) is 1.28. The molecule has 0 aliphatic carbocycles. The molecule has 0 amide bonds. The van der Waals surface area contributed by atoms with E-state index in [1.165, 1.54) is 24.2 Å². The number of nitrogens with one attached hydrogen (secondary N) is 1. The van der Waals surface area contributed by atoms with Gasteiger partial charge in [0.15, 0.2) is 0 Å². The van der Waals surface area contributed by atoms with E-state index in [-0.39, 0.29) is 0 Å². The first-order valence-corrected chi connectivity index (χ1v) is 8.56. The molecule has 1 aromatic rings. The van der Waals surface area contributed by atoms with Crippen LogP contribution in [-0.4, -0.2) is 17.0 Å². The second-order valence-electron chi connectivity index (χ2n) is 5.66. The molecule has 0 aromatic heterocycles. The van der Waals surface area contributed by atoms with E-state index in [1.54, 1.807) is 0 Å². The highest BCUT2D eigenvalue weighted by Gasteiger charge is 2.38. The molecular formula is C16H24ClNS. The lowest BCUT2D eigenvalue weighted by atomic mass is 9.89. The lowest BCUT2D eigenvalue weighted by Crippen LogP contribution is -2.38. The van der Waals surface area contributed by atoms with Gasteiger partial charge in [-0.1, -0.05) is 30.7 Å². The number of hydrogen-bond donors (Lipinski definition) is 1. The molecule has 1 N–H and O–H groups in total. The zero-order chi connectivity index (χ0) is 13.9. The van der Waals surface area contributed by atoms with Crippen LogP contribution in [0.1, 0.15) is 50.3 Å². The monoisotopic (exact) mass is 297 g/mol. The van der Waals surface area contributed by atoms with Crippen LogP contribution in [0.3, 0.4) is 0 Å². The smallest absolute Gasteiger partial charge is 0.0467 e. The van der Waals surface area contributed by atoms with Crippen LogP contribution in [-0.2, 0) is 0 Å². The predicted molar refractivity (Wildman–Crippen MR) is 87.3 cm³/mol. The van der Waals surface area contributed by atoms with Gasteiger partial charge < -0.3 is 5.32 Å². The van der Waals surface area contributed by atoms with Crippen LogP contribution >= 0.6 is 23.4 Å². The normalized spacial score (nSPS) is 24.6. The SMILES string of the molecule is CCCNC(c1ccc(C)c(Cl)c1)C1(C)CCCS1. The number of halogens is 1. The van der Waals surface area contributed by atoms with E-state index in [9.17, 15) is 0 Å². The van der Waals surface area contributed by atoms with Gasteiger partial charge in [-0.25, -0.2) is 0 Å². The highest BCUT2D eigenvalue weighted by molar-refractivity contribution is 8.00. The fourth-order valence-electron chi connectivity index (χ4n) is 2.79. The van der Waals surface area contributed by atoms with E-state index in [4.69, 9.17) is 11.6 Å². The number of hydrogen-bond acceptors (Lipinski definition) is 2. The fourth-order valence-corrected chi connectivity index (χ4v) is 4.41. The Morgan fingerprint density at radius 2 is 2.26 bits per heavy atom. The Hall–Kier alpha value is -0.180. The predicted octanol–water partition coefficient (Wildman–Crippen LogP) is 4.97. The summed E-state index contributed by atoms with van der Waals surface area (Å²) < 4.78 is 0.299. The van der Waals surface area contributed by atoms with Crippen molar-refractivity contribution in [2.45, 2.75) is 50.8 Å². The number of aryl methyl sites for hydroxylation is 1. The molecule has 1 aliphatic heterocycles. The largest absolute Gasteiger partial charge is 0.309 e. The molecule has 0 radical (unpaired) electrons. The summed E-state index contributed by atoms with van der Waals surface area (Å²) in [6.45, 7) is 7.74. The molecular weight excluding hydrogens is 274 g/mol. The lowest BCUT2D eigenvalue weighted by Gasteiger charge is -2.35. The molecule has 2 atom stereocenters. The number of thioether (sulfide) groups is 1. The number of rotatable bonds is 5. The van der Waals surface area contributed by atoms with Gasteiger partial charge >= 0.3 is 0 Å². The topological polar surface area (TPSA) is 12.0 Å². The van der Waals surface area contributed by atoms with E-state index in [0.717, 1.165) is 23.6 Å². The number of benzene rings is 1. The Labute approximate surface area is 126 Å². The van der Waals surface area contributed by atoms with Crippen molar-refractivity contribution in [1.29, 1.82) is 0 Å². The standard InChI is InChI=1S/C16H24ClNS/c1-4-9-18-15(16(3)8-5-10-19-16)13-7-6-12(2)14(17)11-13/h6-7,11,15,18H,4-5,8-10H2,1-3H3. The maximum absolute atomic E-state index is 6.31. The second-order valence-corrected chi connectivity index (χ2v) is 7.70. The minimum Gasteiger partial charge on any atom is -0.309 e. The van der Waals surface area contributed by atoms with Crippen molar-refractivity contribution in [3.63, 3.8) is 0 Å². The Balaban J connectivity index is 2.28. The highest BCUT2D eigenvalue weighted by atomic mass is 35.5. The summed E-state index contributed by atoms with van der Waals surface area (Å²) in [7, 11) is 0. The van der Waals surface area contributed by atoms with Gasteiger partial charge in [0.1, 0.15) is 0 Å². The molecule has 1 saturated heterocycles. The maximum atomic E-state index is 6.31. The Kier molecular flexibility index (Phi) is 5.22. The molecule has 2 unspecified atom stereocenters. The summed E-state index contributed by atoms with van der Waals surface area (Å²) in [5.41, 5.74) is 2.49. The minimum atomic E-state index is 0.299. The van der Waals surface area contributed by atoms with Gasteiger partial charge in [0.2, 0.25) is 0 Å². The molecule has 0 spiro atoms. The third-order valence-electron chi connectivity index (χ3n) is 3.99. The molecule has 1 aromatic carbocycles. The average molecular weight is 298 g/mol. The van der Waals surface area contributed by atoms with Crippen LogP contribution in [0.25, 0.3) is 0 Å². The Morgan fingerprint density at radius 1 is 1.47 bits per heavy atom. The van der Waals surface area contributed by atoms with Gasteiger partial charge in [-0.05, 0) is 62.6 Å². The summed E-state index contributed by atoms with van der Waals surface area (Å²) in [6.07, 6.45) is 3.77. The molecule has 19 heavy (non-hydrogen) atoms. The first-order chi connectivity index (χ1) is 9.07. The second kappa shape index (κ2) is 6.51. The van der Waals surface area contributed by atoms with Gasteiger partial charge in [0, 0.05) is 15.8 Å². The van der Waals surface area contributed by atoms with Crippen LogP contribution < -0.4 is 5.32 Å². The van der Waals surface area contributed by atoms with Crippen LogP contribution in [0, 0.1) is 6.92 Å². The zero-order valence-corrected chi connectivity index (χ0v) is 13.7. The third kappa shape index (κ3) is 3.48. The molecule has 0 bridgehead atoms. The molecule has 1 fully saturated rings. The van der Waals surface area contributed by atoms with Crippen molar-refractivity contribution in [1.82, 2.24) is 5.32 Å². The third-order valence-corrected chi connectivity index (χ3v) is 5.99. The molecule has 1 aliphatic rings. The molecule has 106 valence electrons. The fraction of sp³-hybridized carbons (Fsp3) is 0.625. The van der Waals surface area contributed by atoms with Crippen molar-refractivity contribution >= 4 is 23.4 Å². The van der Waals surface area contributed by atoms with E-state index < -0.39 is 0 Å². The average Bonchev–Trinajstić information content (AvgIpc) is 2.82. The maximum Gasteiger partial charge on any atom is 0.0467 e. The van der Waals surface area contributed by atoms with Crippen LogP contribution in [0.15, 0.2) is 18.2 Å². The summed E-state index contributed by atoms with van der Waals surface area (Å²) in [4.78, 5) is 0. The summed E-state index contributed by atoms with van der Waals surface area (Å²) in [5, 5.41) is 4.62. The van der Waals surface area contributed by atoms with Gasteiger partial charge in [-0.15, -0.1) is 0 Å². The Morgan fingerprint density at radius 3 is 2.84 bits per heavy atom. The van der Waals surface area contributed by atoms with Crippen molar-refractivity contribution in [2.24, 2.45) is 0 Å². The van der Waals surface area contributed by atoms with Gasteiger partial charge in [-0.2, -0.15) is 11.8 Å². The van der Waals surface area contributed by atoms with Crippen LogP contribution in [0.5, 0.6) is 0 Å². The van der Waals surface area contributed by atoms with Crippen molar-refractivity contribution in [3.05, 3.63) is 34.3 Å². The molecule has 3 heteroatoms. The van der Waals surface area contributed by atoms with E-state index in [1.807, 2.05) is 0 Å². The first-order valence-electron chi connectivity index (χ1n) is 7.20.